The number of nitrogens with zero attached hydrogens (tertiary/aromatic N) is 3. The molecule has 4 aromatic rings. The Balaban J connectivity index is 1.32. The number of ether oxygens (including phenoxy) is 1. The van der Waals surface area contributed by atoms with Gasteiger partial charge in [0.25, 0.3) is 11.8 Å². The smallest absolute Gasteiger partial charge is 0.267 e. The Hall–Kier alpha value is -5.05. The van der Waals surface area contributed by atoms with Crippen LogP contribution < -0.4 is 15.2 Å². The molecule has 0 saturated carbocycles. The minimum Gasteiger partial charge on any atom is -0.483 e. The highest BCUT2D eigenvalue weighted by Gasteiger charge is 2.34. The Morgan fingerprint density at radius 3 is 2.45 bits per heavy atom. The second-order valence-electron chi connectivity index (χ2n) is 9.17. The third-order valence-electron chi connectivity index (χ3n) is 6.06. The Morgan fingerprint density at radius 1 is 1.02 bits per heavy atom. The van der Waals surface area contributed by atoms with Crippen molar-refractivity contribution in [1.82, 2.24) is 4.90 Å². The third kappa shape index (κ3) is 7.66. The lowest BCUT2D eigenvalue weighted by molar-refractivity contribution is -0.122. The van der Waals surface area contributed by atoms with E-state index in [4.69, 9.17) is 14.3 Å². The Kier molecular flexibility index (Phi) is 9.33. The largest absolute Gasteiger partial charge is 0.483 e. The monoisotopic (exact) mass is 633 g/mol. The molecule has 0 aliphatic carbocycles. The molecule has 1 aliphatic rings. The van der Waals surface area contributed by atoms with Crippen molar-refractivity contribution < 1.29 is 31.6 Å². The van der Waals surface area contributed by atoms with Gasteiger partial charge in [0.15, 0.2) is 11.8 Å². The highest BCUT2D eigenvalue weighted by molar-refractivity contribution is 8.18. The Labute approximate surface area is 256 Å². The van der Waals surface area contributed by atoms with Crippen LogP contribution in [0, 0.1) is 5.82 Å². The number of carbonyl (C=O) groups is 2. The molecular formula is C30H24FN5O6S2. The van der Waals surface area contributed by atoms with Crippen molar-refractivity contribution in [3.63, 3.8) is 0 Å². The SMILES string of the molecule is NS(=O)(=O)c1ccc(NC(=O)COc2ccccc2/C=C2\S/C(=N/N=C\c3ccccc3F)N(Cc3ccco3)C2=O)cc1. The number of amidine groups is 1. The van der Waals surface area contributed by atoms with Crippen LogP contribution in [0.15, 0.2) is 116 Å². The van der Waals surface area contributed by atoms with Crippen molar-refractivity contribution in [2.45, 2.75) is 11.4 Å². The van der Waals surface area contributed by atoms with E-state index in [0.29, 0.717) is 27.7 Å². The third-order valence-corrected chi connectivity index (χ3v) is 7.98. The van der Waals surface area contributed by atoms with Crippen LogP contribution in [0.25, 0.3) is 6.08 Å². The van der Waals surface area contributed by atoms with E-state index in [1.54, 1.807) is 60.7 Å². The summed E-state index contributed by atoms with van der Waals surface area (Å²) in [6.07, 6.45) is 4.38. The number of sulfonamides is 1. The van der Waals surface area contributed by atoms with Crippen molar-refractivity contribution in [2.24, 2.45) is 15.3 Å². The minimum atomic E-state index is -3.86. The number of furan rings is 1. The maximum absolute atomic E-state index is 14.0. The first-order chi connectivity index (χ1) is 21.2. The molecule has 3 N–H and O–H groups in total. The summed E-state index contributed by atoms with van der Waals surface area (Å²) in [4.78, 5) is 27.6. The van der Waals surface area contributed by atoms with Gasteiger partial charge in [-0.05, 0) is 66.4 Å². The summed E-state index contributed by atoms with van der Waals surface area (Å²) in [6, 6.07) is 21.8. The molecule has 5 rings (SSSR count). The van der Waals surface area contributed by atoms with Crippen LogP contribution in [0.4, 0.5) is 10.1 Å². The van der Waals surface area contributed by atoms with Crippen LogP contribution in [0.5, 0.6) is 5.75 Å². The van der Waals surface area contributed by atoms with E-state index < -0.39 is 21.7 Å². The molecule has 1 aliphatic heterocycles. The van der Waals surface area contributed by atoms with Crippen LogP contribution in [-0.2, 0) is 26.2 Å². The van der Waals surface area contributed by atoms with Gasteiger partial charge >= 0.3 is 0 Å². The van der Waals surface area contributed by atoms with E-state index in [-0.39, 0.29) is 34.7 Å². The molecule has 0 unspecified atom stereocenters. The van der Waals surface area contributed by atoms with E-state index in [9.17, 15) is 22.4 Å². The highest BCUT2D eigenvalue weighted by Crippen LogP contribution is 2.35. The molecule has 3 aromatic carbocycles. The molecule has 2 heterocycles. The van der Waals surface area contributed by atoms with Gasteiger partial charge in [-0.15, -0.1) is 5.10 Å². The Morgan fingerprint density at radius 2 is 1.75 bits per heavy atom. The Bertz CT molecular complexity index is 1870. The van der Waals surface area contributed by atoms with E-state index in [1.165, 1.54) is 47.7 Å². The van der Waals surface area contributed by atoms with Gasteiger partial charge in [0.1, 0.15) is 17.3 Å². The molecule has 1 saturated heterocycles. The zero-order valence-corrected chi connectivity index (χ0v) is 24.4. The van der Waals surface area contributed by atoms with Crippen molar-refractivity contribution in [3.05, 3.63) is 119 Å². The number of nitrogens with two attached hydrogens (primary N) is 1. The van der Waals surface area contributed by atoms with Gasteiger partial charge in [-0.1, -0.05) is 36.4 Å². The van der Waals surface area contributed by atoms with E-state index in [2.05, 4.69) is 15.5 Å². The quantitative estimate of drug-likeness (QED) is 0.147. The second kappa shape index (κ2) is 13.5. The van der Waals surface area contributed by atoms with E-state index >= 15 is 0 Å². The topological polar surface area (TPSA) is 157 Å². The van der Waals surface area contributed by atoms with Crippen LogP contribution in [0.2, 0.25) is 0 Å². The van der Waals surface area contributed by atoms with E-state index in [1.807, 2.05) is 0 Å². The maximum Gasteiger partial charge on any atom is 0.267 e. The second-order valence-corrected chi connectivity index (χ2v) is 11.7. The number of amides is 2. The molecule has 0 radical (unpaired) electrons. The predicted molar refractivity (Wildman–Crippen MR) is 165 cm³/mol. The summed E-state index contributed by atoms with van der Waals surface area (Å²) >= 11 is 1.07. The maximum atomic E-state index is 14.0. The minimum absolute atomic E-state index is 0.0825. The van der Waals surface area contributed by atoms with Gasteiger partial charge in [-0.3, -0.25) is 14.5 Å². The number of thioether (sulfide) groups is 1. The van der Waals surface area contributed by atoms with Crippen molar-refractivity contribution in [3.8, 4) is 5.75 Å². The van der Waals surface area contributed by atoms with Gasteiger partial charge in [0, 0.05) is 16.8 Å². The normalized spacial score (nSPS) is 15.4. The number of hydrogen-bond donors (Lipinski definition) is 2. The fraction of sp³-hybridized carbons (Fsp3) is 0.0667. The zero-order valence-electron chi connectivity index (χ0n) is 22.8. The van der Waals surface area contributed by atoms with Gasteiger partial charge in [0.05, 0.1) is 28.8 Å². The van der Waals surface area contributed by atoms with Crippen LogP contribution >= 0.6 is 11.8 Å². The van der Waals surface area contributed by atoms with Crippen molar-refractivity contribution >= 4 is 56.7 Å². The van der Waals surface area contributed by atoms with Crippen molar-refractivity contribution in [2.75, 3.05) is 11.9 Å². The summed E-state index contributed by atoms with van der Waals surface area (Å²) < 4.78 is 48.0. The lowest BCUT2D eigenvalue weighted by Gasteiger charge is -2.12. The molecule has 1 aromatic heterocycles. The average Bonchev–Trinajstić information content (AvgIpc) is 3.62. The number of para-hydroxylation sites is 1. The first-order valence-electron chi connectivity index (χ1n) is 12.9. The lowest BCUT2D eigenvalue weighted by Crippen LogP contribution is -2.28. The summed E-state index contributed by atoms with van der Waals surface area (Å²) in [7, 11) is -3.86. The first-order valence-corrected chi connectivity index (χ1v) is 15.3. The van der Waals surface area contributed by atoms with Crippen LogP contribution in [0.3, 0.4) is 0 Å². The van der Waals surface area contributed by atoms with Gasteiger partial charge in [-0.2, -0.15) is 5.10 Å². The molecule has 44 heavy (non-hydrogen) atoms. The summed E-state index contributed by atoms with van der Waals surface area (Å²) in [5, 5.41) is 16.2. The van der Waals surface area contributed by atoms with Gasteiger partial charge in [-0.25, -0.2) is 17.9 Å². The number of hydrogen-bond acceptors (Lipinski definition) is 9. The fourth-order valence-corrected chi connectivity index (χ4v) is 5.38. The van der Waals surface area contributed by atoms with E-state index in [0.717, 1.165) is 11.8 Å². The summed E-state index contributed by atoms with van der Waals surface area (Å²) in [5.74, 6) is -0.436. The molecular weight excluding hydrogens is 609 g/mol. The van der Waals surface area contributed by atoms with Crippen LogP contribution in [-0.4, -0.2) is 43.1 Å². The number of carbonyl (C=O) groups excluding carboxylic acids is 2. The van der Waals surface area contributed by atoms with Crippen LogP contribution in [0.1, 0.15) is 16.9 Å². The average molecular weight is 634 g/mol. The predicted octanol–water partition coefficient (Wildman–Crippen LogP) is 4.59. The zero-order chi connectivity index (χ0) is 31.1. The first kappa shape index (κ1) is 30.4. The number of halogens is 1. The van der Waals surface area contributed by atoms with Gasteiger partial charge in [0.2, 0.25) is 10.0 Å². The highest BCUT2D eigenvalue weighted by atomic mass is 32.2. The number of anilines is 1. The standard InChI is InChI=1S/C30H24FN5O6S2/c31-25-9-3-1-7-21(25)17-33-35-30-36(18-23-8-5-15-41-23)29(38)27(43-30)16-20-6-2-4-10-26(20)42-19-28(37)34-22-11-13-24(14-12-22)44(32,39)40/h1-17H,18-19H2,(H,34,37)(H2,32,39,40)/b27-16-,33-17-,35-30+. The molecule has 11 nitrogen and oxygen atoms in total. The molecule has 1 fully saturated rings. The summed E-state index contributed by atoms with van der Waals surface area (Å²) in [6.45, 7) is -0.263. The van der Waals surface area contributed by atoms with Gasteiger partial charge < -0.3 is 14.5 Å². The summed E-state index contributed by atoms with van der Waals surface area (Å²) in [5.41, 5.74) is 1.13. The molecule has 224 valence electrons. The molecule has 0 bridgehead atoms. The molecule has 0 atom stereocenters. The molecule has 2 amide bonds. The molecule has 0 spiro atoms. The number of nitrogens with one attached hydrogen (secondary N) is 1. The molecule has 14 heteroatoms. The number of benzene rings is 3. The van der Waals surface area contributed by atoms with Crippen molar-refractivity contribution in [1.29, 1.82) is 0 Å². The number of rotatable bonds is 10. The fourth-order valence-electron chi connectivity index (χ4n) is 3.94. The lowest BCUT2D eigenvalue weighted by atomic mass is 10.2. The number of primary sulfonamides is 1.